The highest BCUT2D eigenvalue weighted by Gasteiger charge is 2.31. The summed E-state index contributed by atoms with van der Waals surface area (Å²) in [6, 6.07) is 12.0. The molecule has 0 saturated heterocycles. The molecule has 0 aliphatic heterocycles. The molecule has 0 radical (unpaired) electrons. The van der Waals surface area contributed by atoms with Crippen LogP contribution < -0.4 is 5.32 Å². The van der Waals surface area contributed by atoms with Crippen molar-refractivity contribution in [2.24, 2.45) is 0 Å². The summed E-state index contributed by atoms with van der Waals surface area (Å²) in [6.45, 7) is 0. The standard InChI is InChI=1S/C15H13ClF3N/c1-20-14(10-5-7-13(16)8-6-10)11-3-2-4-12(9-11)15(17,18)19/h2-9,14,20H,1H3. The van der Waals surface area contributed by atoms with E-state index in [0.29, 0.717) is 10.6 Å². The Morgan fingerprint density at radius 3 is 2.20 bits per heavy atom. The molecular formula is C15H13ClF3N. The van der Waals surface area contributed by atoms with Crippen LogP contribution in [-0.4, -0.2) is 7.05 Å². The first-order valence-corrected chi connectivity index (χ1v) is 6.39. The van der Waals surface area contributed by atoms with Gasteiger partial charge in [-0.3, -0.25) is 0 Å². The van der Waals surface area contributed by atoms with Gasteiger partial charge in [-0.2, -0.15) is 13.2 Å². The van der Waals surface area contributed by atoms with Crippen LogP contribution in [-0.2, 0) is 6.18 Å². The van der Waals surface area contributed by atoms with Crippen LogP contribution in [0.2, 0.25) is 5.02 Å². The van der Waals surface area contributed by atoms with Gasteiger partial charge in [0, 0.05) is 5.02 Å². The third-order valence-electron chi connectivity index (χ3n) is 3.04. The van der Waals surface area contributed by atoms with Crippen molar-refractivity contribution in [3.63, 3.8) is 0 Å². The van der Waals surface area contributed by atoms with Crippen molar-refractivity contribution in [3.8, 4) is 0 Å². The number of alkyl halides is 3. The van der Waals surface area contributed by atoms with Crippen LogP contribution in [0.25, 0.3) is 0 Å². The Bertz CT molecular complexity index is 578. The molecule has 0 heterocycles. The predicted molar refractivity (Wildman–Crippen MR) is 73.8 cm³/mol. The first kappa shape index (κ1) is 14.9. The van der Waals surface area contributed by atoms with Crippen LogP contribution in [0, 0.1) is 0 Å². The molecule has 1 N–H and O–H groups in total. The number of hydrogen-bond acceptors (Lipinski definition) is 1. The Hall–Kier alpha value is -1.52. The molecule has 0 bridgehead atoms. The first-order chi connectivity index (χ1) is 9.41. The van der Waals surface area contributed by atoms with E-state index in [9.17, 15) is 13.2 Å². The zero-order chi connectivity index (χ0) is 14.8. The van der Waals surface area contributed by atoms with Crippen molar-refractivity contribution < 1.29 is 13.2 Å². The van der Waals surface area contributed by atoms with Gasteiger partial charge in [0.25, 0.3) is 0 Å². The predicted octanol–water partition coefficient (Wildman–Crippen LogP) is 4.67. The quantitative estimate of drug-likeness (QED) is 0.868. The largest absolute Gasteiger partial charge is 0.416 e. The lowest BCUT2D eigenvalue weighted by atomic mass is 9.97. The molecule has 1 atom stereocenters. The third kappa shape index (κ3) is 3.32. The van der Waals surface area contributed by atoms with E-state index >= 15 is 0 Å². The van der Waals surface area contributed by atoms with Crippen LogP contribution in [0.5, 0.6) is 0 Å². The Morgan fingerprint density at radius 1 is 1.00 bits per heavy atom. The Morgan fingerprint density at radius 2 is 1.65 bits per heavy atom. The van der Waals surface area contributed by atoms with E-state index in [4.69, 9.17) is 11.6 Å². The fraction of sp³-hybridized carbons (Fsp3) is 0.200. The molecule has 2 aromatic carbocycles. The van der Waals surface area contributed by atoms with Crippen molar-refractivity contribution in [2.75, 3.05) is 7.05 Å². The molecule has 0 aliphatic carbocycles. The van der Waals surface area contributed by atoms with Crippen molar-refractivity contribution >= 4 is 11.6 Å². The van der Waals surface area contributed by atoms with E-state index in [1.165, 1.54) is 6.07 Å². The molecule has 0 saturated carbocycles. The summed E-state index contributed by atoms with van der Waals surface area (Å²) in [4.78, 5) is 0. The topological polar surface area (TPSA) is 12.0 Å². The first-order valence-electron chi connectivity index (χ1n) is 6.01. The van der Waals surface area contributed by atoms with Gasteiger partial charge >= 0.3 is 6.18 Å². The maximum atomic E-state index is 12.8. The number of nitrogens with one attached hydrogen (secondary N) is 1. The second-order valence-electron chi connectivity index (χ2n) is 4.40. The van der Waals surface area contributed by atoms with E-state index in [-0.39, 0.29) is 6.04 Å². The molecular weight excluding hydrogens is 287 g/mol. The number of benzene rings is 2. The number of hydrogen-bond donors (Lipinski definition) is 1. The zero-order valence-electron chi connectivity index (χ0n) is 10.7. The van der Waals surface area contributed by atoms with Gasteiger partial charge in [-0.05, 0) is 42.4 Å². The minimum absolute atomic E-state index is 0.311. The van der Waals surface area contributed by atoms with Gasteiger partial charge in [0.2, 0.25) is 0 Å². The van der Waals surface area contributed by atoms with Crippen molar-refractivity contribution in [2.45, 2.75) is 12.2 Å². The van der Waals surface area contributed by atoms with E-state index in [1.54, 1.807) is 37.4 Å². The molecule has 1 unspecified atom stereocenters. The fourth-order valence-corrected chi connectivity index (χ4v) is 2.20. The summed E-state index contributed by atoms with van der Waals surface area (Å²) in [5.74, 6) is 0. The fourth-order valence-electron chi connectivity index (χ4n) is 2.08. The van der Waals surface area contributed by atoms with Gasteiger partial charge in [-0.1, -0.05) is 35.9 Å². The lowest BCUT2D eigenvalue weighted by Crippen LogP contribution is -2.18. The van der Waals surface area contributed by atoms with E-state index < -0.39 is 11.7 Å². The Balaban J connectivity index is 2.39. The maximum Gasteiger partial charge on any atom is 0.416 e. The van der Waals surface area contributed by atoms with Crippen molar-refractivity contribution in [1.29, 1.82) is 0 Å². The monoisotopic (exact) mass is 299 g/mol. The Labute approximate surface area is 120 Å². The molecule has 0 aliphatic rings. The second-order valence-corrected chi connectivity index (χ2v) is 4.83. The summed E-state index contributed by atoms with van der Waals surface area (Å²) >= 11 is 5.82. The van der Waals surface area contributed by atoms with E-state index in [2.05, 4.69) is 5.32 Å². The second kappa shape index (κ2) is 5.85. The molecule has 2 aromatic rings. The minimum atomic E-state index is -4.34. The molecule has 0 spiro atoms. The average molecular weight is 300 g/mol. The van der Waals surface area contributed by atoms with Gasteiger partial charge in [0.15, 0.2) is 0 Å². The highest BCUT2D eigenvalue weighted by atomic mass is 35.5. The Kier molecular flexibility index (Phi) is 4.35. The highest BCUT2D eigenvalue weighted by molar-refractivity contribution is 6.30. The molecule has 0 aromatic heterocycles. The highest BCUT2D eigenvalue weighted by Crippen LogP contribution is 2.32. The van der Waals surface area contributed by atoms with Gasteiger partial charge in [-0.15, -0.1) is 0 Å². The van der Waals surface area contributed by atoms with Crippen LogP contribution in [0.4, 0.5) is 13.2 Å². The van der Waals surface area contributed by atoms with Crippen LogP contribution in [0.1, 0.15) is 22.7 Å². The van der Waals surface area contributed by atoms with Gasteiger partial charge < -0.3 is 5.32 Å². The SMILES string of the molecule is CNC(c1ccc(Cl)cc1)c1cccc(C(F)(F)F)c1. The van der Waals surface area contributed by atoms with Crippen molar-refractivity contribution in [1.82, 2.24) is 5.32 Å². The van der Waals surface area contributed by atoms with Gasteiger partial charge in [-0.25, -0.2) is 0 Å². The summed E-state index contributed by atoms with van der Waals surface area (Å²) < 4.78 is 38.3. The number of rotatable bonds is 3. The van der Waals surface area contributed by atoms with Crippen molar-refractivity contribution in [3.05, 3.63) is 70.2 Å². The number of halogens is 4. The zero-order valence-corrected chi connectivity index (χ0v) is 11.5. The maximum absolute atomic E-state index is 12.8. The lowest BCUT2D eigenvalue weighted by molar-refractivity contribution is -0.137. The molecule has 0 amide bonds. The molecule has 20 heavy (non-hydrogen) atoms. The molecule has 0 fully saturated rings. The van der Waals surface area contributed by atoms with E-state index in [0.717, 1.165) is 17.7 Å². The molecule has 5 heteroatoms. The summed E-state index contributed by atoms with van der Waals surface area (Å²) in [5, 5.41) is 3.61. The summed E-state index contributed by atoms with van der Waals surface area (Å²) in [7, 11) is 1.71. The molecule has 1 nitrogen and oxygen atoms in total. The van der Waals surface area contributed by atoms with Crippen LogP contribution in [0.3, 0.4) is 0 Å². The van der Waals surface area contributed by atoms with E-state index in [1.807, 2.05) is 0 Å². The van der Waals surface area contributed by atoms with Crippen LogP contribution >= 0.6 is 11.6 Å². The van der Waals surface area contributed by atoms with Gasteiger partial charge in [0.1, 0.15) is 0 Å². The smallest absolute Gasteiger partial charge is 0.309 e. The molecule has 2 rings (SSSR count). The summed E-state index contributed by atoms with van der Waals surface area (Å²) in [6.07, 6.45) is -4.34. The van der Waals surface area contributed by atoms with Crippen LogP contribution in [0.15, 0.2) is 48.5 Å². The third-order valence-corrected chi connectivity index (χ3v) is 3.29. The average Bonchev–Trinajstić information content (AvgIpc) is 2.41. The minimum Gasteiger partial charge on any atom is -0.309 e. The van der Waals surface area contributed by atoms with Gasteiger partial charge in [0.05, 0.1) is 11.6 Å². The summed E-state index contributed by atoms with van der Waals surface area (Å²) in [5.41, 5.74) is 0.769. The lowest BCUT2D eigenvalue weighted by Gasteiger charge is -2.18. The normalized spacial score (nSPS) is 13.2. The molecule has 106 valence electrons.